The number of carbonyl (C=O) groups is 1. The molecule has 0 unspecified atom stereocenters. The normalized spacial score (nSPS) is 10.8. The first-order chi connectivity index (χ1) is 15.1. The number of ether oxygens (including phenoxy) is 2. The van der Waals surface area contributed by atoms with Crippen molar-refractivity contribution in [3.63, 3.8) is 0 Å². The lowest BCUT2D eigenvalue weighted by molar-refractivity contribution is 0.0948. The van der Waals surface area contributed by atoms with Crippen molar-refractivity contribution in [3.05, 3.63) is 71.9 Å². The standard InChI is InChI=1S/C24H24N4O3/c1-16-22-18(24(29)25-13-14-31-21-12-8-7-11-20(21)30-3)15-19(17-9-5-4-6-10-17)26-23(22)28(2)27-16/h4-12,15H,13-14H2,1-3H3,(H,25,29). The number of aryl methyl sites for hydroxylation is 2. The second-order valence-corrected chi connectivity index (χ2v) is 7.08. The van der Waals surface area contributed by atoms with Crippen molar-refractivity contribution >= 4 is 16.9 Å². The van der Waals surface area contributed by atoms with E-state index in [2.05, 4.69) is 10.4 Å². The molecule has 7 nitrogen and oxygen atoms in total. The van der Waals surface area contributed by atoms with Crippen LogP contribution < -0.4 is 14.8 Å². The zero-order valence-electron chi connectivity index (χ0n) is 17.8. The van der Waals surface area contributed by atoms with Crippen LogP contribution in [0.5, 0.6) is 11.5 Å². The average Bonchev–Trinajstić information content (AvgIpc) is 3.10. The third-order valence-electron chi connectivity index (χ3n) is 5.00. The molecular weight excluding hydrogens is 392 g/mol. The summed E-state index contributed by atoms with van der Waals surface area (Å²) < 4.78 is 12.7. The van der Waals surface area contributed by atoms with Crippen molar-refractivity contribution < 1.29 is 14.3 Å². The highest BCUT2D eigenvalue weighted by Gasteiger charge is 2.19. The molecule has 0 atom stereocenters. The van der Waals surface area contributed by atoms with Crippen LogP contribution >= 0.6 is 0 Å². The van der Waals surface area contributed by atoms with Gasteiger partial charge in [0.25, 0.3) is 5.91 Å². The molecule has 4 aromatic rings. The second-order valence-electron chi connectivity index (χ2n) is 7.08. The summed E-state index contributed by atoms with van der Waals surface area (Å²) in [5.41, 5.74) is 3.66. The minimum atomic E-state index is -0.190. The summed E-state index contributed by atoms with van der Waals surface area (Å²) in [6, 6.07) is 19.0. The van der Waals surface area contributed by atoms with Gasteiger partial charge in [0.15, 0.2) is 17.1 Å². The summed E-state index contributed by atoms with van der Waals surface area (Å²) in [4.78, 5) is 17.8. The molecule has 31 heavy (non-hydrogen) atoms. The summed E-state index contributed by atoms with van der Waals surface area (Å²) in [5, 5.41) is 8.16. The first kappa shape index (κ1) is 20.4. The molecule has 0 fully saturated rings. The number of aromatic nitrogens is 3. The lowest BCUT2D eigenvalue weighted by Gasteiger charge is -2.12. The van der Waals surface area contributed by atoms with Gasteiger partial charge in [0.2, 0.25) is 0 Å². The SMILES string of the molecule is COc1ccccc1OCCNC(=O)c1cc(-c2ccccc2)nc2c1c(C)nn2C. The van der Waals surface area contributed by atoms with Crippen LogP contribution in [-0.4, -0.2) is 40.9 Å². The number of hydrogen-bond acceptors (Lipinski definition) is 5. The number of hydrogen-bond donors (Lipinski definition) is 1. The van der Waals surface area contributed by atoms with Crippen molar-refractivity contribution in [1.82, 2.24) is 20.1 Å². The maximum absolute atomic E-state index is 13.1. The van der Waals surface area contributed by atoms with Crippen LogP contribution in [0.3, 0.4) is 0 Å². The molecule has 2 aromatic heterocycles. The van der Waals surface area contributed by atoms with E-state index in [1.54, 1.807) is 11.8 Å². The number of fused-ring (bicyclic) bond motifs is 1. The molecule has 0 bridgehead atoms. The largest absolute Gasteiger partial charge is 0.493 e. The minimum absolute atomic E-state index is 0.190. The van der Waals surface area contributed by atoms with E-state index in [1.807, 2.05) is 74.6 Å². The number of pyridine rings is 1. The molecule has 7 heteroatoms. The van der Waals surface area contributed by atoms with E-state index in [1.165, 1.54) is 0 Å². The smallest absolute Gasteiger partial charge is 0.252 e. The minimum Gasteiger partial charge on any atom is -0.493 e. The topological polar surface area (TPSA) is 78.3 Å². The van der Waals surface area contributed by atoms with Crippen LogP contribution in [0, 0.1) is 6.92 Å². The van der Waals surface area contributed by atoms with E-state index < -0.39 is 0 Å². The zero-order chi connectivity index (χ0) is 21.8. The molecule has 2 heterocycles. The number of para-hydroxylation sites is 2. The molecule has 0 spiro atoms. The van der Waals surface area contributed by atoms with E-state index in [0.717, 1.165) is 22.3 Å². The van der Waals surface area contributed by atoms with Crippen molar-refractivity contribution in [2.45, 2.75) is 6.92 Å². The number of methoxy groups -OCH3 is 1. The number of amides is 1. The summed E-state index contributed by atoms with van der Waals surface area (Å²) in [6.45, 7) is 2.55. The van der Waals surface area contributed by atoms with Gasteiger partial charge in [0.05, 0.1) is 36.0 Å². The van der Waals surface area contributed by atoms with Gasteiger partial charge in [-0.1, -0.05) is 42.5 Å². The monoisotopic (exact) mass is 416 g/mol. The van der Waals surface area contributed by atoms with Crippen LogP contribution in [0.4, 0.5) is 0 Å². The molecule has 0 radical (unpaired) electrons. The first-order valence-corrected chi connectivity index (χ1v) is 10.0. The molecule has 0 saturated heterocycles. The lowest BCUT2D eigenvalue weighted by atomic mass is 10.0. The quantitative estimate of drug-likeness (QED) is 0.464. The third-order valence-corrected chi connectivity index (χ3v) is 5.00. The average molecular weight is 416 g/mol. The van der Waals surface area contributed by atoms with E-state index in [9.17, 15) is 4.79 Å². The highest BCUT2D eigenvalue weighted by atomic mass is 16.5. The predicted molar refractivity (Wildman–Crippen MR) is 120 cm³/mol. The van der Waals surface area contributed by atoms with Crippen LogP contribution in [0.25, 0.3) is 22.3 Å². The Labute approximate surface area is 180 Å². The highest BCUT2D eigenvalue weighted by Crippen LogP contribution is 2.27. The second kappa shape index (κ2) is 8.87. The van der Waals surface area contributed by atoms with Crippen molar-refractivity contribution in [2.24, 2.45) is 7.05 Å². The van der Waals surface area contributed by atoms with E-state index in [0.29, 0.717) is 35.9 Å². The van der Waals surface area contributed by atoms with Gasteiger partial charge < -0.3 is 14.8 Å². The first-order valence-electron chi connectivity index (χ1n) is 10.0. The van der Waals surface area contributed by atoms with Gasteiger partial charge >= 0.3 is 0 Å². The van der Waals surface area contributed by atoms with Gasteiger partial charge in [-0.3, -0.25) is 9.48 Å². The Hall–Kier alpha value is -3.87. The van der Waals surface area contributed by atoms with Crippen molar-refractivity contribution in [2.75, 3.05) is 20.3 Å². The number of nitrogens with zero attached hydrogens (tertiary/aromatic N) is 3. The van der Waals surface area contributed by atoms with Crippen LogP contribution in [0.15, 0.2) is 60.7 Å². The highest BCUT2D eigenvalue weighted by molar-refractivity contribution is 6.07. The molecule has 0 aliphatic rings. The maximum atomic E-state index is 13.1. The number of nitrogens with one attached hydrogen (secondary N) is 1. The fraction of sp³-hybridized carbons (Fsp3) is 0.208. The van der Waals surface area contributed by atoms with Gasteiger partial charge in [-0.05, 0) is 25.1 Å². The van der Waals surface area contributed by atoms with Gasteiger partial charge in [-0.2, -0.15) is 5.10 Å². The number of benzene rings is 2. The molecule has 4 rings (SSSR count). The van der Waals surface area contributed by atoms with Crippen molar-refractivity contribution in [1.29, 1.82) is 0 Å². The van der Waals surface area contributed by atoms with Crippen LogP contribution in [-0.2, 0) is 7.05 Å². The fourth-order valence-corrected chi connectivity index (χ4v) is 3.54. The molecule has 0 aliphatic carbocycles. The number of carbonyl (C=O) groups excluding carboxylic acids is 1. The van der Waals surface area contributed by atoms with Crippen LogP contribution in [0.1, 0.15) is 16.1 Å². The zero-order valence-corrected chi connectivity index (χ0v) is 17.8. The molecule has 1 amide bonds. The maximum Gasteiger partial charge on any atom is 0.252 e. The molecule has 0 saturated carbocycles. The predicted octanol–water partition coefficient (Wildman–Crippen LogP) is 3.76. The Morgan fingerprint density at radius 2 is 1.77 bits per heavy atom. The molecule has 158 valence electrons. The van der Waals surface area contributed by atoms with Crippen LogP contribution in [0.2, 0.25) is 0 Å². The van der Waals surface area contributed by atoms with Gasteiger partial charge in [0.1, 0.15) is 6.61 Å². The fourth-order valence-electron chi connectivity index (χ4n) is 3.54. The summed E-state index contributed by atoms with van der Waals surface area (Å²) in [6.07, 6.45) is 0. The van der Waals surface area contributed by atoms with Gasteiger partial charge in [0, 0.05) is 12.6 Å². The third kappa shape index (κ3) is 4.21. The molecule has 0 aliphatic heterocycles. The van der Waals surface area contributed by atoms with Gasteiger partial charge in [-0.25, -0.2) is 4.98 Å². The molecule has 2 aromatic carbocycles. The lowest BCUT2D eigenvalue weighted by Crippen LogP contribution is -2.28. The Morgan fingerprint density at radius 1 is 1.06 bits per heavy atom. The Kier molecular flexibility index (Phi) is 5.84. The Bertz CT molecular complexity index is 1220. The molecule has 1 N–H and O–H groups in total. The summed E-state index contributed by atoms with van der Waals surface area (Å²) >= 11 is 0. The van der Waals surface area contributed by atoms with E-state index in [-0.39, 0.29) is 5.91 Å². The van der Waals surface area contributed by atoms with E-state index in [4.69, 9.17) is 14.5 Å². The summed E-state index contributed by atoms with van der Waals surface area (Å²) in [5.74, 6) is 1.10. The Balaban J connectivity index is 1.55. The van der Waals surface area contributed by atoms with E-state index >= 15 is 0 Å². The molecular formula is C24H24N4O3. The van der Waals surface area contributed by atoms with Crippen molar-refractivity contribution in [3.8, 4) is 22.8 Å². The Morgan fingerprint density at radius 3 is 2.52 bits per heavy atom. The summed E-state index contributed by atoms with van der Waals surface area (Å²) in [7, 11) is 3.43. The van der Waals surface area contributed by atoms with Gasteiger partial charge in [-0.15, -0.1) is 0 Å². The number of rotatable bonds is 7.